The fourth-order valence-electron chi connectivity index (χ4n) is 3.64. The molecule has 1 aliphatic rings. The van der Waals surface area contributed by atoms with Gasteiger partial charge in [0.1, 0.15) is 11.5 Å². The van der Waals surface area contributed by atoms with Gasteiger partial charge in [0.05, 0.1) is 26.0 Å². The van der Waals surface area contributed by atoms with Crippen LogP contribution in [0, 0.1) is 0 Å². The first kappa shape index (κ1) is 20.2. The molecule has 0 bridgehead atoms. The van der Waals surface area contributed by atoms with Gasteiger partial charge in [-0.1, -0.05) is 12.1 Å². The Labute approximate surface area is 166 Å². The molecular formula is C21H25NO5S. The lowest BCUT2D eigenvalue weighted by Gasteiger charge is -2.26. The molecule has 1 unspecified atom stereocenters. The normalized spacial score (nSPS) is 16.8. The maximum absolute atomic E-state index is 13.1. The van der Waals surface area contributed by atoms with E-state index >= 15 is 0 Å². The van der Waals surface area contributed by atoms with Crippen LogP contribution in [0.5, 0.6) is 11.5 Å². The van der Waals surface area contributed by atoms with Crippen molar-refractivity contribution in [2.24, 2.45) is 0 Å². The van der Waals surface area contributed by atoms with Crippen LogP contribution in [0.25, 0.3) is 0 Å². The Hall–Kier alpha value is -2.54. The molecule has 0 radical (unpaired) electrons. The van der Waals surface area contributed by atoms with Crippen LogP contribution in [-0.2, 0) is 15.6 Å². The number of carbonyl (C=O) groups is 1. The van der Waals surface area contributed by atoms with Crippen LogP contribution in [0.4, 0.5) is 0 Å². The van der Waals surface area contributed by atoms with Gasteiger partial charge >= 0.3 is 0 Å². The maximum Gasteiger partial charge on any atom is 0.254 e. The minimum atomic E-state index is -3.10. The number of sulfone groups is 1. The van der Waals surface area contributed by atoms with Crippen molar-refractivity contribution in [2.75, 3.05) is 27.0 Å². The molecule has 2 aromatic rings. The fourth-order valence-corrected chi connectivity index (χ4v) is 4.44. The Kier molecular flexibility index (Phi) is 5.93. The molecule has 2 aromatic carbocycles. The molecule has 1 saturated heterocycles. The topological polar surface area (TPSA) is 72.9 Å². The van der Waals surface area contributed by atoms with Gasteiger partial charge in [-0.15, -0.1) is 0 Å². The van der Waals surface area contributed by atoms with Gasteiger partial charge in [-0.2, -0.15) is 0 Å². The van der Waals surface area contributed by atoms with Crippen molar-refractivity contribution < 1.29 is 22.7 Å². The second kappa shape index (κ2) is 8.22. The lowest BCUT2D eigenvalue weighted by molar-refractivity contribution is 0.0734. The van der Waals surface area contributed by atoms with Crippen LogP contribution in [0.2, 0.25) is 0 Å². The highest BCUT2D eigenvalue weighted by Gasteiger charge is 2.32. The van der Waals surface area contributed by atoms with Crippen molar-refractivity contribution in [2.45, 2.75) is 24.6 Å². The van der Waals surface area contributed by atoms with Gasteiger partial charge in [-0.05, 0) is 42.7 Å². The van der Waals surface area contributed by atoms with E-state index < -0.39 is 9.84 Å². The molecule has 150 valence electrons. The zero-order chi connectivity index (χ0) is 20.3. The van der Waals surface area contributed by atoms with Gasteiger partial charge in [0, 0.05) is 30.0 Å². The molecule has 1 fully saturated rings. The van der Waals surface area contributed by atoms with E-state index in [1.54, 1.807) is 38.5 Å². The summed E-state index contributed by atoms with van der Waals surface area (Å²) in [4.78, 5) is 14.9. The van der Waals surface area contributed by atoms with Gasteiger partial charge in [0.15, 0.2) is 9.84 Å². The first-order valence-electron chi connectivity index (χ1n) is 9.12. The van der Waals surface area contributed by atoms with Crippen LogP contribution in [0.3, 0.4) is 0 Å². The molecule has 6 nitrogen and oxygen atoms in total. The van der Waals surface area contributed by atoms with Crippen molar-refractivity contribution in [1.82, 2.24) is 4.90 Å². The Balaban J connectivity index is 1.84. The van der Waals surface area contributed by atoms with E-state index in [9.17, 15) is 13.2 Å². The molecule has 3 rings (SSSR count). The molecule has 0 aliphatic carbocycles. The number of amides is 1. The van der Waals surface area contributed by atoms with Crippen LogP contribution in [-0.4, -0.2) is 46.2 Å². The monoisotopic (exact) mass is 403 g/mol. The first-order chi connectivity index (χ1) is 13.3. The minimum Gasteiger partial charge on any atom is -0.497 e. The highest BCUT2D eigenvalue weighted by atomic mass is 32.2. The molecule has 28 heavy (non-hydrogen) atoms. The summed E-state index contributed by atoms with van der Waals surface area (Å²) in [6.45, 7) is 0.670. The second-order valence-electron chi connectivity index (χ2n) is 7.03. The third-order valence-electron chi connectivity index (χ3n) is 4.94. The Morgan fingerprint density at radius 1 is 1.11 bits per heavy atom. The third-order valence-corrected chi connectivity index (χ3v) is 5.80. The molecule has 1 amide bonds. The predicted octanol–water partition coefficient (Wildman–Crippen LogP) is 3.23. The molecule has 1 aliphatic heterocycles. The third kappa shape index (κ3) is 4.47. The highest BCUT2D eigenvalue weighted by molar-refractivity contribution is 7.89. The van der Waals surface area contributed by atoms with Gasteiger partial charge in [0.25, 0.3) is 5.91 Å². The van der Waals surface area contributed by atoms with E-state index in [0.29, 0.717) is 29.2 Å². The summed E-state index contributed by atoms with van der Waals surface area (Å²) in [6, 6.07) is 12.4. The Morgan fingerprint density at radius 3 is 2.43 bits per heavy atom. The van der Waals surface area contributed by atoms with Gasteiger partial charge in [-0.25, -0.2) is 8.42 Å². The molecule has 0 saturated carbocycles. The van der Waals surface area contributed by atoms with E-state index in [1.807, 2.05) is 23.1 Å². The summed E-state index contributed by atoms with van der Waals surface area (Å²) in [5.41, 5.74) is 2.19. The molecule has 0 N–H and O–H groups in total. The zero-order valence-electron chi connectivity index (χ0n) is 16.3. The first-order valence-corrected chi connectivity index (χ1v) is 11.2. The van der Waals surface area contributed by atoms with E-state index in [0.717, 1.165) is 18.4 Å². The van der Waals surface area contributed by atoms with E-state index in [-0.39, 0.29) is 17.7 Å². The summed E-state index contributed by atoms with van der Waals surface area (Å²) in [5, 5.41) is 0. The van der Waals surface area contributed by atoms with Gasteiger partial charge in [0.2, 0.25) is 0 Å². The number of rotatable bonds is 6. The quantitative estimate of drug-likeness (QED) is 0.740. The fraction of sp³-hybridized carbons (Fsp3) is 0.381. The molecule has 1 heterocycles. The number of hydrogen-bond donors (Lipinski definition) is 0. The lowest BCUT2D eigenvalue weighted by atomic mass is 10.0. The van der Waals surface area contributed by atoms with E-state index in [1.165, 1.54) is 6.26 Å². The smallest absolute Gasteiger partial charge is 0.254 e. The summed E-state index contributed by atoms with van der Waals surface area (Å²) >= 11 is 0. The standard InChI is InChI=1S/C21H25NO5S/c1-26-17-10-11-18(20(13-17)27-2)19-5-4-12-22(19)21(23)16-8-6-15(7-9-16)14-28(3,24)25/h6-11,13,19H,4-5,12,14H2,1-3H3. The number of benzene rings is 2. The van der Waals surface area contributed by atoms with Gasteiger partial charge < -0.3 is 14.4 Å². The Bertz CT molecular complexity index is 953. The lowest BCUT2D eigenvalue weighted by Crippen LogP contribution is -2.30. The van der Waals surface area contributed by atoms with Crippen LogP contribution < -0.4 is 9.47 Å². The largest absolute Gasteiger partial charge is 0.497 e. The van der Waals surface area contributed by atoms with Gasteiger partial charge in [-0.3, -0.25) is 4.79 Å². The molecule has 7 heteroatoms. The van der Waals surface area contributed by atoms with Crippen LogP contribution in [0.1, 0.15) is 40.4 Å². The highest BCUT2D eigenvalue weighted by Crippen LogP contribution is 2.39. The average molecular weight is 404 g/mol. The summed E-state index contributed by atoms with van der Waals surface area (Å²) < 4.78 is 33.7. The van der Waals surface area contributed by atoms with Crippen LogP contribution >= 0.6 is 0 Å². The second-order valence-corrected chi connectivity index (χ2v) is 9.17. The van der Waals surface area contributed by atoms with Crippen molar-refractivity contribution >= 4 is 15.7 Å². The summed E-state index contributed by atoms with van der Waals surface area (Å²) in [5.74, 6) is 1.31. The summed E-state index contributed by atoms with van der Waals surface area (Å²) in [6.07, 6.45) is 2.97. The van der Waals surface area contributed by atoms with Crippen molar-refractivity contribution in [3.05, 3.63) is 59.2 Å². The minimum absolute atomic E-state index is 0.0309. The number of likely N-dealkylation sites (tertiary alicyclic amines) is 1. The molecule has 0 spiro atoms. The summed E-state index contributed by atoms with van der Waals surface area (Å²) in [7, 11) is 0.112. The number of nitrogens with zero attached hydrogens (tertiary/aromatic N) is 1. The average Bonchev–Trinajstić information content (AvgIpc) is 3.15. The number of ether oxygens (including phenoxy) is 2. The van der Waals surface area contributed by atoms with Crippen LogP contribution in [0.15, 0.2) is 42.5 Å². The zero-order valence-corrected chi connectivity index (χ0v) is 17.2. The number of carbonyl (C=O) groups excluding carboxylic acids is 1. The van der Waals surface area contributed by atoms with E-state index in [2.05, 4.69) is 0 Å². The number of methoxy groups -OCH3 is 2. The molecule has 0 aromatic heterocycles. The van der Waals surface area contributed by atoms with Crippen molar-refractivity contribution in [1.29, 1.82) is 0 Å². The van der Waals surface area contributed by atoms with Crippen molar-refractivity contribution in [3.63, 3.8) is 0 Å². The Morgan fingerprint density at radius 2 is 1.82 bits per heavy atom. The SMILES string of the molecule is COc1ccc(C2CCCN2C(=O)c2ccc(CS(C)(=O)=O)cc2)c(OC)c1. The van der Waals surface area contributed by atoms with Crippen molar-refractivity contribution in [3.8, 4) is 11.5 Å². The predicted molar refractivity (Wildman–Crippen MR) is 108 cm³/mol. The number of hydrogen-bond acceptors (Lipinski definition) is 5. The van der Waals surface area contributed by atoms with E-state index in [4.69, 9.17) is 9.47 Å². The molecular weight excluding hydrogens is 378 g/mol. The maximum atomic E-state index is 13.1. The molecule has 1 atom stereocenters.